The third-order valence-electron chi connectivity index (χ3n) is 2.73. The quantitative estimate of drug-likeness (QED) is 0.751. The van der Waals surface area contributed by atoms with Crippen molar-refractivity contribution in [3.05, 3.63) is 11.9 Å². The first-order valence-electron chi connectivity index (χ1n) is 6.44. The van der Waals surface area contributed by atoms with Crippen LogP contribution >= 0.6 is 11.8 Å². The van der Waals surface area contributed by atoms with E-state index in [1.807, 2.05) is 11.8 Å². The van der Waals surface area contributed by atoms with Crippen LogP contribution in [-0.4, -0.2) is 42.7 Å². The first kappa shape index (κ1) is 16.0. The molecule has 19 heavy (non-hydrogen) atoms. The zero-order chi connectivity index (χ0) is 14.1. The summed E-state index contributed by atoms with van der Waals surface area (Å²) in [5, 5.41) is 3.50. The Bertz CT molecular complexity index is 369. The Labute approximate surface area is 119 Å². The van der Waals surface area contributed by atoms with Crippen molar-refractivity contribution in [2.75, 3.05) is 32.8 Å². The van der Waals surface area contributed by atoms with Crippen LogP contribution < -0.4 is 14.8 Å². The fourth-order valence-electron chi connectivity index (χ4n) is 1.74. The van der Waals surface area contributed by atoms with E-state index in [0.717, 1.165) is 30.8 Å². The minimum atomic E-state index is 0.167. The standard InChI is InChI=1S/C13H23N3O2S/c1-5-7-14-10(6-8-19-4)12-13(18-3)16-11(17-2)9-15-12/h9-10,14H,5-8H2,1-4H3. The maximum Gasteiger partial charge on any atom is 0.240 e. The molecule has 0 radical (unpaired) electrons. The van der Waals surface area contributed by atoms with E-state index in [1.54, 1.807) is 20.4 Å². The average molecular weight is 285 g/mol. The van der Waals surface area contributed by atoms with Gasteiger partial charge in [0.05, 0.1) is 26.5 Å². The summed E-state index contributed by atoms with van der Waals surface area (Å²) in [5.41, 5.74) is 0.853. The van der Waals surface area contributed by atoms with Crippen LogP contribution in [0.25, 0.3) is 0 Å². The summed E-state index contributed by atoms with van der Waals surface area (Å²) in [4.78, 5) is 8.74. The highest BCUT2D eigenvalue weighted by Crippen LogP contribution is 2.26. The van der Waals surface area contributed by atoms with Gasteiger partial charge in [-0.05, 0) is 31.4 Å². The average Bonchev–Trinajstić information content (AvgIpc) is 2.47. The van der Waals surface area contributed by atoms with Crippen LogP contribution in [0.4, 0.5) is 0 Å². The highest BCUT2D eigenvalue weighted by atomic mass is 32.2. The van der Waals surface area contributed by atoms with E-state index in [4.69, 9.17) is 9.47 Å². The van der Waals surface area contributed by atoms with Crippen LogP contribution in [0.15, 0.2) is 6.20 Å². The second-order valence-electron chi connectivity index (χ2n) is 4.10. The number of hydrogen-bond donors (Lipinski definition) is 1. The molecule has 108 valence electrons. The van der Waals surface area contributed by atoms with E-state index in [2.05, 4.69) is 28.5 Å². The molecule has 0 bridgehead atoms. The van der Waals surface area contributed by atoms with Crippen LogP contribution in [0.5, 0.6) is 11.8 Å². The highest BCUT2D eigenvalue weighted by Gasteiger charge is 2.19. The van der Waals surface area contributed by atoms with Gasteiger partial charge in [0.15, 0.2) is 0 Å². The zero-order valence-corrected chi connectivity index (χ0v) is 12.9. The van der Waals surface area contributed by atoms with E-state index >= 15 is 0 Å². The molecule has 0 aliphatic rings. The molecule has 0 saturated heterocycles. The smallest absolute Gasteiger partial charge is 0.240 e. The molecule has 6 heteroatoms. The van der Waals surface area contributed by atoms with Gasteiger partial charge < -0.3 is 14.8 Å². The second-order valence-corrected chi connectivity index (χ2v) is 5.08. The van der Waals surface area contributed by atoms with Crippen LogP contribution in [0.2, 0.25) is 0 Å². The van der Waals surface area contributed by atoms with Gasteiger partial charge in [0, 0.05) is 0 Å². The number of aromatic nitrogens is 2. The molecule has 1 heterocycles. The van der Waals surface area contributed by atoms with E-state index in [-0.39, 0.29) is 6.04 Å². The fourth-order valence-corrected chi connectivity index (χ4v) is 2.21. The van der Waals surface area contributed by atoms with Crippen molar-refractivity contribution < 1.29 is 9.47 Å². The lowest BCUT2D eigenvalue weighted by molar-refractivity contribution is 0.348. The second kappa shape index (κ2) is 8.98. The van der Waals surface area contributed by atoms with Crippen molar-refractivity contribution in [2.45, 2.75) is 25.8 Å². The third-order valence-corrected chi connectivity index (χ3v) is 3.37. The lowest BCUT2D eigenvalue weighted by atomic mass is 10.1. The molecule has 0 saturated carbocycles. The Morgan fingerprint density at radius 1 is 1.37 bits per heavy atom. The maximum atomic E-state index is 5.33. The number of hydrogen-bond acceptors (Lipinski definition) is 6. The van der Waals surface area contributed by atoms with Gasteiger partial charge in [0.2, 0.25) is 11.8 Å². The lowest BCUT2D eigenvalue weighted by Gasteiger charge is -2.19. The number of ether oxygens (including phenoxy) is 2. The molecule has 1 aromatic rings. The Morgan fingerprint density at radius 2 is 2.16 bits per heavy atom. The molecular weight excluding hydrogens is 262 g/mol. The van der Waals surface area contributed by atoms with Crippen molar-refractivity contribution in [1.29, 1.82) is 0 Å². The van der Waals surface area contributed by atoms with Gasteiger partial charge in [-0.15, -0.1) is 0 Å². The molecule has 0 aliphatic carbocycles. The molecule has 0 spiro atoms. The van der Waals surface area contributed by atoms with Gasteiger partial charge in [-0.1, -0.05) is 6.92 Å². The molecule has 1 rings (SSSR count). The van der Waals surface area contributed by atoms with Crippen LogP contribution in [-0.2, 0) is 0 Å². The SMILES string of the molecule is CCCNC(CCSC)c1ncc(OC)nc1OC. The zero-order valence-electron chi connectivity index (χ0n) is 12.1. The molecule has 0 aliphatic heterocycles. The number of rotatable bonds is 9. The lowest BCUT2D eigenvalue weighted by Crippen LogP contribution is -2.24. The predicted octanol–water partition coefficient (Wildman–Crippen LogP) is 2.29. The molecular formula is C13H23N3O2S. The summed E-state index contributed by atoms with van der Waals surface area (Å²) in [6, 6.07) is 0.167. The van der Waals surface area contributed by atoms with Crippen molar-refractivity contribution >= 4 is 11.8 Å². The third kappa shape index (κ3) is 4.87. The topological polar surface area (TPSA) is 56.3 Å². The van der Waals surface area contributed by atoms with Crippen molar-refractivity contribution in [1.82, 2.24) is 15.3 Å². The first-order valence-corrected chi connectivity index (χ1v) is 7.83. The Morgan fingerprint density at radius 3 is 2.74 bits per heavy atom. The molecule has 5 nitrogen and oxygen atoms in total. The Hall–Kier alpha value is -1.01. The van der Waals surface area contributed by atoms with Crippen LogP contribution in [0, 0.1) is 0 Å². The molecule has 0 amide bonds. The molecule has 1 unspecified atom stereocenters. The van der Waals surface area contributed by atoms with Crippen LogP contribution in [0.3, 0.4) is 0 Å². The van der Waals surface area contributed by atoms with Crippen molar-refractivity contribution in [3.63, 3.8) is 0 Å². The summed E-state index contributed by atoms with van der Waals surface area (Å²) in [6.07, 6.45) is 5.82. The summed E-state index contributed by atoms with van der Waals surface area (Å²) in [5.74, 6) is 2.08. The highest BCUT2D eigenvalue weighted by molar-refractivity contribution is 7.98. The van der Waals surface area contributed by atoms with Crippen molar-refractivity contribution in [2.24, 2.45) is 0 Å². The van der Waals surface area contributed by atoms with E-state index in [1.165, 1.54) is 0 Å². The molecule has 0 fully saturated rings. The Balaban J connectivity index is 2.91. The fraction of sp³-hybridized carbons (Fsp3) is 0.692. The van der Waals surface area contributed by atoms with Crippen molar-refractivity contribution in [3.8, 4) is 11.8 Å². The summed E-state index contributed by atoms with van der Waals surface area (Å²) < 4.78 is 10.4. The maximum absolute atomic E-state index is 5.33. The minimum absolute atomic E-state index is 0.167. The largest absolute Gasteiger partial charge is 0.480 e. The number of methoxy groups -OCH3 is 2. The van der Waals surface area contributed by atoms with E-state index in [0.29, 0.717) is 11.8 Å². The monoisotopic (exact) mass is 285 g/mol. The summed E-state index contributed by atoms with van der Waals surface area (Å²) >= 11 is 1.83. The Kier molecular flexibility index (Phi) is 7.59. The van der Waals surface area contributed by atoms with Gasteiger partial charge in [0.25, 0.3) is 0 Å². The molecule has 0 aromatic carbocycles. The van der Waals surface area contributed by atoms with E-state index in [9.17, 15) is 0 Å². The number of thioether (sulfide) groups is 1. The number of nitrogens with zero attached hydrogens (tertiary/aromatic N) is 2. The molecule has 1 N–H and O–H groups in total. The van der Waals surface area contributed by atoms with E-state index < -0.39 is 0 Å². The normalized spacial score (nSPS) is 12.2. The molecule has 1 aromatic heterocycles. The van der Waals surface area contributed by atoms with Gasteiger partial charge >= 0.3 is 0 Å². The summed E-state index contributed by atoms with van der Waals surface area (Å²) in [7, 11) is 3.18. The number of nitrogens with one attached hydrogen (secondary N) is 1. The van der Waals surface area contributed by atoms with Gasteiger partial charge in [0.1, 0.15) is 5.69 Å². The predicted molar refractivity (Wildman–Crippen MR) is 79.2 cm³/mol. The van der Waals surface area contributed by atoms with Gasteiger partial charge in [-0.3, -0.25) is 0 Å². The molecule has 1 atom stereocenters. The first-order chi connectivity index (χ1) is 9.26. The van der Waals surface area contributed by atoms with Gasteiger partial charge in [-0.2, -0.15) is 16.7 Å². The summed E-state index contributed by atoms with van der Waals surface area (Å²) in [6.45, 7) is 3.10. The van der Waals surface area contributed by atoms with Gasteiger partial charge in [-0.25, -0.2) is 4.98 Å². The minimum Gasteiger partial charge on any atom is -0.480 e. The van der Waals surface area contributed by atoms with Crippen LogP contribution in [0.1, 0.15) is 31.5 Å².